The summed E-state index contributed by atoms with van der Waals surface area (Å²) in [6, 6.07) is -0.698. The first-order chi connectivity index (χ1) is 7.11. The Bertz CT molecular complexity index is 300. The van der Waals surface area contributed by atoms with Gasteiger partial charge in [-0.05, 0) is 14.1 Å². The number of aliphatic carboxylic acids is 1. The lowest BCUT2D eigenvalue weighted by molar-refractivity contribution is -0.139. The summed E-state index contributed by atoms with van der Waals surface area (Å²) in [5.74, 6) is -0.889. The lowest BCUT2D eigenvalue weighted by Gasteiger charge is -2.14. The van der Waals surface area contributed by atoms with Crippen LogP contribution in [-0.4, -0.2) is 48.1 Å². The summed E-state index contributed by atoms with van der Waals surface area (Å²) >= 11 is 1.40. The molecule has 0 spiro atoms. The smallest absolute Gasteiger partial charge is 0.327 e. The summed E-state index contributed by atoms with van der Waals surface area (Å²) in [5, 5.41) is 13.7. The molecule has 5 nitrogen and oxygen atoms in total. The zero-order valence-corrected chi connectivity index (χ0v) is 9.62. The van der Waals surface area contributed by atoms with E-state index in [1.165, 1.54) is 11.3 Å². The van der Waals surface area contributed by atoms with Crippen LogP contribution in [0.15, 0.2) is 10.9 Å². The second-order valence-electron chi connectivity index (χ2n) is 3.44. The molecule has 6 heteroatoms. The molecule has 0 fully saturated rings. The first-order valence-electron chi connectivity index (χ1n) is 4.60. The third-order valence-corrected chi connectivity index (χ3v) is 2.51. The van der Waals surface area contributed by atoms with E-state index in [0.29, 0.717) is 12.2 Å². The molecule has 1 unspecified atom stereocenters. The van der Waals surface area contributed by atoms with Gasteiger partial charge in [0.25, 0.3) is 0 Å². The molecule has 2 N–H and O–H groups in total. The van der Waals surface area contributed by atoms with Crippen LogP contribution < -0.4 is 5.32 Å². The highest BCUT2D eigenvalue weighted by Crippen LogP contribution is 2.12. The van der Waals surface area contributed by atoms with Gasteiger partial charge in [-0.1, -0.05) is 0 Å². The normalized spacial score (nSPS) is 13.0. The molecule has 0 aliphatic carbocycles. The van der Waals surface area contributed by atoms with Crippen LogP contribution >= 0.6 is 11.3 Å². The third kappa shape index (κ3) is 3.94. The predicted octanol–water partition coefficient (Wildman–Crippen LogP) is 0.420. The van der Waals surface area contributed by atoms with Gasteiger partial charge in [-0.3, -0.25) is 10.1 Å². The van der Waals surface area contributed by atoms with E-state index in [-0.39, 0.29) is 0 Å². The molecule has 1 aromatic rings. The lowest BCUT2D eigenvalue weighted by atomic mass is 10.2. The van der Waals surface area contributed by atoms with Crippen molar-refractivity contribution in [1.82, 2.24) is 15.2 Å². The minimum Gasteiger partial charge on any atom is -0.480 e. The zero-order valence-electron chi connectivity index (χ0n) is 8.80. The number of hydrogen-bond acceptors (Lipinski definition) is 5. The molecule has 0 saturated carbocycles. The number of rotatable bonds is 6. The molecule has 84 valence electrons. The number of hydrogen-bond donors (Lipinski definition) is 2. The molecule has 1 aromatic heterocycles. The first-order valence-corrected chi connectivity index (χ1v) is 5.54. The number of carboxylic acids is 1. The number of aromatic nitrogens is 1. The molecular weight excluding hydrogens is 214 g/mol. The van der Waals surface area contributed by atoms with E-state index >= 15 is 0 Å². The van der Waals surface area contributed by atoms with E-state index in [1.54, 1.807) is 10.9 Å². The van der Waals surface area contributed by atoms with Crippen LogP contribution in [0.2, 0.25) is 0 Å². The van der Waals surface area contributed by atoms with Gasteiger partial charge in [0.1, 0.15) is 6.04 Å². The van der Waals surface area contributed by atoms with Crippen molar-refractivity contribution in [3.8, 4) is 0 Å². The quantitative estimate of drug-likeness (QED) is 0.740. The van der Waals surface area contributed by atoms with Crippen molar-refractivity contribution in [2.75, 3.05) is 27.2 Å². The second kappa shape index (κ2) is 5.79. The Morgan fingerprint density at radius 3 is 2.93 bits per heavy atom. The molecule has 0 aliphatic heterocycles. The topological polar surface area (TPSA) is 65.5 Å². The van der Waals surface area contributed by atoms with Crippen molar-refractivity contribution >= 4 is 17.3 Å². The molecule has 0 aliphatic rings. The maximum atomic E-state index is 11.0. The van der Waals surface area contributed by atoms with Gasteiger partial charge in [0.05, 0.1) is 11.2 Å². The fourth-order valence-corrected chi connectivity index (χ4v) is 1.70. The molecule has 0 amide bonds. The predicted molar refractivity (Wildman–Crippen MR) is 59.0 cm³/mol. The lowest BCUT2D eigenvalue weighted by Crippen LogP contribution is -2.34. The standard InChI is InChI=1S/C9H15N3O2S/c1-12(2)4-3-10-8(9(13)14)7-5-15-6-11-7/h5-6,8,10H,3-4H2,1-2H3,(H,13,14). The number of likely N-dealkylation sites (N-methyl/N-ethyl adjacent to an activating group) is 1. The number of nitrogens with zero attached hydrogens (tertiary/aromatic N) is 2. The maximum Gasteiger partial charge on any atom is 0.327 e. The van der Waals surface area contributed by atoms with Crippen molar-refractivity contribution in [2.24, 2.45) is 0 Å². The molecule has 0 aromatic carbocycles. The van der Waals surface area contributed by atoms with Crippen LogP contribution in [0.3, 0.4) is 0 Å². The van der Waals surface area contributed by atoms with Gasteiger partial charge in [-0.15, -0.1) is 11.3 Å². The second-order valence-corrected chi connectivity index (χ2v) is 4.16. The van der Waals surface area contributed by atoms with Crippen molar-refractivity contribution in [3.63, 3.8) is 0 Å². The van der Waals surface area contributed by atoms with Crippen LogP contribution in [-0.2, 0) is 4.79 Å². The Morgan fingerprint density at radius 1 is 1.73 bits per heavy atom. The Hall–Kier alpha value is -0.980. The van der Waals surface area contributed by atoms with Crippen LogP contribution in [0, 0.1) is 0 Å². The minimum atomic E-state index is -0.889. The Morgan fingerprint density at radius 2 is 2.47 bits per heavy atom. The molecule has 1 atom stereocenters. The van der Waals surface area contributed by atoms with Gasteiger partial charge < -0.3 is 10.0 Å². The van der Waals surface area contributed by atoms with E-state index in [0.717, 1.165) is 6.54 Å². The summed E-state index contributed by atoms with van der Waals surface area (Å²) in [6.45, 7) is 1.43. The van der Waals surface area contributed by atoms with Crippen molar-refractivity contribution in [3.05, 3.63) is 16.6 Å². The highest BCUT2D eigenvalue weighted by Gasteiger charge is 2.20. The van der Waals surface area contributed by atoms with E-state index in [9.17, 15) is 4.79 Å². The molecule has 1 heterocycles. The van der Waals surface area contributed by atoms with Gasteiger partial charge in [-0.2, -0.15) is 0 Å². The molecule has 1 rings (SSSR count). The van der Waals surface area contributed by atoms with Gasteiger partial charge in [0, 0.05) is 18.5 Å². The molecule has 0 radical (unpaired) electrons. The van der Waals surface area contributed by atoms with Crippen molar-refractivity contribution in [2.45, 2.75) is 6.04 Å². The van der Waals surface area contributed by atoms with E-state index in [4.69, 9.17) is 5.11 Å². The third-order valence-electron chi connectivity index (χ3n) is 1.90. The molecular formula is C9H15N3O2S. The number of nitrogens with one attached hydrogen (secondary N) is 1. The van der Waals surface area contributed by atoms with Gasteiger partial charge >= 0.3 is 5.97 Å². The first kappa shape index (κ1) is 12.1. The zero-order chi connectivity index (χ0) is 11.3. The Kier molecular flexibility index (Phi) is 4.67. The monoisotopic (exact) mass is 229 g/mol. The summed E-state index contributed by atoms with van der Waals surface area (Å²) in [5.41, 5.74) is 2.21. The van der Waals surface area contributed by atoms with Crippen molar-refractivity contribution < 1.29 is 9.90 Å². The maximum absolute atomic E-state index is 11.0. The summed E-state index contributed by atoms with van der Waals surface area (Å²) in [7, 11) is 3.89. The number of carbonyl (C=O) groups is 1. The summed E-state index contributed by atoms with van der Waals surface area (Å²) in [4.78, 5) is 17.0. The van der Waals surface area contributed by atoms with Crippen molar-refractivity contribution in [1.29, 1.82) is 0 Å². The highest BCUT2D eigenvalue weighted by molar-refractivity contribution is 7.07. The summed E-state index contributed by atoms with van der Waals surface area (Å²) < 4.78 is 0. The van der Waals surface area contributed by atoms with E-state index in [1.807, 2.05) is 19.0 Å². The highest BCUT2D eigenvalue weighted by atomic mass is 32.1. The van der Waals surface area contributed by atoms with Crippen LogP contribution in [0.4, 0.5) is 0 Å². The van der Waals surface area contributed by atoms with Gasteiger partial charge in [0.2, 0.25) is 0 Å². The Labute approximate surface area is 92.7 Å². The van der Waals surface area contributed by atoms with Gasteiger partial charge in [-0.25, -0.2) is 4.98 Å². The largest absolute Gasteiger partial charge is 0.480 e. The van der Waals surface area contributed by atoms with Crippen LogP contribution in [0.25, 0.3) is 0 Å². The molecule has 0 bridgehead atoms. The van der Waals surface area contributed by atoms with Crippen LogP contribution in [0.5, 0.6) is 0 Å². The fraction of sp³-hybridized carbons (Fsp3) is 0.556. The SMILES string of the molecule is CN(C)CCNC(C(=O)O)c1cscn1. The summed E-state index contributed by atoms with van der Waals surface area (Å²) in [6.07, 6.45) is 0. The fourth-order valence-electron chi connectivity index (χ4n) is 1.12. The van der Waals surface area contributed by atoms with Gasteiger partial charge in [0.15, 0.2) is 0 Å². The minimum absolute atomic E-state index is 0.575. The Balaban J connectivity index is 2.49. The average molecular weight is 229 g/mol. The van der Waals surface area contributed by atoms with E-state index < -0.39 is 12.0 Å². The molecule has 0 saturated heterocycles. The number of thiazole rings is 1. The molecule has 15 heavy (non-hydrogen) atoms. The number of carboxylic acid groups (broad SMARTS) is 1. The average Bonchev–Trinajstić information content (AvgIpc) is 2.63. The van der Waals surface area contributed by atoms with E-state index in [2.05, 4.69) is 10.3 Å². The van der Waals surface area contributed by atoms with Crippen LogP contribution in [0.1, 0.15) is 11.7 Å².